The van der Waals surface area contributed by atoms with E-state index in [0.717, 1.165) is 20.5 Å². The molecule has 0 atom stereocenters. The van der Waals surface area contributed by atoms with Crippen molar-refractivity contribution in [3.63, 3.8) is 0 Å². The summed E-state index contributed by atoms with van der Waals surface area (Å²) in [4.78, 5) is 12.9. The largest absolute Gasteiger partial charge is 0.497 e. The van der Waals surface area contributed by atoms with E-state index in [1.165, 1.54) is 21.2 Å². The molecule has 1 aromatic carbocycles. The Hall–Kier alpha value is -1.90. The molecule has 0 bridgehead atoms. The molecule has 0 radical (unpaired) electrons. The second-order valence-electron chi connectivity index (χ2n) is 4.92. The van der Waals surface area contributed by atoms with E-state index in [1.54, 1.807) is 36.4 Å². The van der Waals surface area contributed by atoms with Gasteiger partial charge in [0.1, 0.15) is 9.96 Å². The van der Waals surface area contributed by atoms with Gasteiger partial charge in [0.25, 0.3) is 15.9 Å². The van der Waals surface area contributed by atoms with E-state index in [2.05, 4.69) is 5.32 Å². The quantitative estimate of drug-likeness (QED) is 0.860. The topological polar surface area (TPSA) is 75.7 Å². The van der Waals surface area contributed by atoms with Gasteiger partial charge in [-0.1, -0.05) is 6.07 Å². The Labute approximate surface area is 139 Å². The van der Waals surface area contributed by atoms with Gasteiger partial charge in [-0.25, -0.2) is 12.7 Å². The zero-order valence-corrected chi connectivity index (χ0v) is 14.7. The molecule has 2 rings (SSSR count). The summed E-state index contributed by atoms with van der Waals surface area (Å²) in [6.07, 6.45) is 0. The van der Waals surface area contributed by atoms with E-state index in [9.17, 15) is 13.2 Å². The van der Waals surface area contributed by atoms with Gasteiger partial charge in [0.05, 0.1) is 13.7 Å². The lowest BCUT2D eigenvalue weighted by Crippen LogP contribution is -2.22. The van der Waals surface area contributed by atoms with Crippen LogP contribution in [0.4, 0.5) is 0 Å². The van der Waals surface area contributed by atoms with Crippen LogP contribution in [0.1, 0.15) is 15.2 Å². The van der Waals surface area contributed by atoms with Gasteiger partial charge in [-0.2, -0.15) is 0 Å². The van der Waals surface area contributed by atoms with Crippen molar-refractivity contribution in [2.75, 3.05) is 21.2 Å². The smallest absolute Gasteiger partial charge is 0.252 e. The Bertz CT molecular complexity index is 797. The molecular formula is C15H18N2O4S2. The van der Waals surface area contributed by atoms with Gasteiger partial charge < -0.3 is 10.1 Å². The molecule has 0 unspecified atom stereocenters. The Kier molecular flexibility index (Phi) is 5.40. The van der Waals surface area contributed by atoms with Crippen LogP contribution in [0.25, 0.3) is 0 Å². The van der Waals surface area contributed by atoms with Gasteiger partial charge in [0.15, 0.2) is 0 Å². The number of hydrogen-bond donors (Lipinski definition) is 1. The standard InChI is InChI=1S/C15H18N2O4S2/c1-17(2)23(19,20)14-8-7-13(22-14)10-16-15(18)11-5-4-6-12(9-11)21-3/h4-9H,10H2,1-3H3,(H,16,18). The van der Waals surface area contributed by atoms with Crippen LogP contribution in [0.5, 0.6) is 5.75 Å². The van der Waals surface area contributed by atoms with Crippen molar-refractivity contribution in [1.82, 2.24) is 9.62 Å². The molecule has 23 heavy (non-hydrogen) atoms. The lowest BCUT2D eigenvalue weighted by Gasteiger charge is -2.08. The number of carbonyl (C=O) groups is 1. The van der Waals surface area contributed by atoms with Crippen molar-refractivity contribution in [2.45, 2.75) is 10.8 Å². The molecule has 0 spiro atoms. The summed E-state index contributed by atoms with van der Waals surface area (Å²) in [5.74, 6) is 0.363. The predicted molar refractivity (Wildman–Crippen MR) is 89.4 cm³/mol. The summed E-state index contributed by atoms with van der Waals surface area (Å²) in [5, 5.41) is 2.77. The number of methoxy groups -OCH3 is 1. The number of nitrogens with one attached hydrogen (secondary N) is 1. The summed E-state index contributed by atoms with van der Waals surface area (Å²) >= 11 is 1.14. The van der Waals surface area contributed by atoms with Crippen molar-refractivity contribution < 1.29 is 17.9 Å². The number of benzene rings is 1. The molecule has 6 nitrogen and oxygen atoms in total. The first-order valence-corrected chi connectivity index (χ1v) is 9.03. The van der Waals surface area contributed by atoms with Crippen molar-refractivity contribution in [3.05, 3.63) is 46.8 Å². The fourth-order valence-electron chi connectivity index (χ4n) is 1.81. The monoisotopic (exact) mass is 354 g/mol. The van der Waals surface area contributed by atoms with Crippen LogP contribution in [0.2, 0.25) is 0 Å². The minimum absolute atomic E-state index is 0.241. The molecule has 1 heterocycles. The molecule has 0 aliphatic rings. The molecule has 0 saturated heterocycles. The van der Waals surface area contributed by atoms with E-state index in [1.807, 2.05) is 0 Å². The van der Waals surface area contributed by atoms with Gasteiger partial charge in [-0.05, 0) is 30.3 Å². The van der Waals surface area contributed by atoms with E-state index in [4.69, 9.17) is 4.74 Å². The number of rotatable bonds is 6. The fraction of sp³-hybridized carbons (Fsp3) is 0.267. The molecule has 8 heteroatoms. The van der Waals surface area contributed by atoms with Gasteiger partial charge in [-0.15, -0.1) is 11.3 Å². The maximum absolute atomic E-state index is 12.1. The number of hydrogen-bond acceptors (Lipinski definition) is 5. The molecule has 1 N–H and O–H groups in total. The molecule has 0 saturated carbocycles. The molecule has 2 aromatic rings. The highest BCUT2D eigenvalue weighted by Gasteiger charge is 2.19. The third kappa shape index (κ3) is 4.10. The van der Waals surface area contributed by atoms with Crippen molar-refractivity contribution >= 4 is 27.3 Å². The Morgan fingerprint density at radius 1 is 1.26 bits per heavy atom. The normalized spacial score (nSPS) is 11.5. The minimum Gasteiger partial charge on any atom is -0.497 e. The number of thiophene rings is 1. The number of sulfonamides is 1. The lowest BCUT2D eigenvalue weighted by molar-refractivity contribution is 0.0951. The first-order valence-electron chi connectivity index (χ1n) is 6.78. The zero-order chi connectivity index (χ0) is 17.0. The molecule has 0 fully saturated rings. The molecular weight excluding hydrogens is 336 g/mol. The van der Waals surface area contributed by atoms with Gasteiger partial charge >= 0.3 is 0 Å². The molecule has 1 aromatic heterocycles. The van der Waals surface area contributed by atoms with E-state index < -0.39 is 10.0 Å². The van der Waals surface area contributed by atoms with Crippen molar-refractivity contribution in [1.29, 1.82) is 0 Å². The molecule has 0 aliphatic carbocycles. The van der Waals surface area contributed by atoms with E-state index >= 15 is 0 Å². The Morgan fingerprint density at radius 2 is 2.00 bits per heavy atom. The zero-order valence-electron chi connectivity index (χ0n) is 13.1. The average molecular weight is 354 g/mol. The van der Waals surface area contributed by atoms with Crippen LogP contribution in [0.3, 0.4) is 0 Å². The van der Waals surface area contributed by atoms with Crippen LogP contribution < -0.4 is 10.1 Å². The summed E-state index contributed by atoms with van der Waals surface area (Å²) in [6.45, 7) is 0.268. The first kappa shape index (κ1) is 17.5. The maximum Gasteiger partial charge on any atom is 0.252 e. The Morgan fingerprint density at radius 3 is 2.65 bits per heavy atom. The SMILES string of the molecule is COc1cccc(C(=O)NCc2ccc(S(=O)(=O)N(C)C)s2)c1. The number of nitrogens with zero attached hydrogens (tertiary/aromatic N) is 1. The molecule has 1 amide bonds. The minimum atomic E-state index is -3.43. The average Bonchev–Trinajstić information content (AvgIpc) is 3.02. The third-order valence-electron chi connectivity index (χ3n) is 3.13. The van der Waals surface area contributed by atoms with Crippen molar-refractivity contribution in [3.8, 4) is 5.75 Å². The fourth-order valence-corrected chi connectivity index (χ4v) is 4.27. The van der Waals surface area contributed by atoms with Crippen molar-refractivity contribution in [2.24, 2.45) is 0 Å². The Balaban J connectivity index is 2.04. The van der Waals surface area contributed by atoms with Crippen LogP contribution in [0, 0.1) is 0 Å². The van der Waals surface area contributed by atoms with Gasteiger partial charge in [0.2, 0.25) is 0 Å². The van der Waals surface area contributed by atoms with Crippen LogP contribution in [-0.2, 0) is 16.6 Å². The van der Waals surface area contributed by atoms with Crippen LogP contribution in [-0.4, -0.2) is 39.8 Å². The molecule has 0 aliphatic heterocycles. The summed E-state index contributed by atoms with van der Waals surface area (Å²) in [6, 6.07) is 10.1. The number of amides is 1. The van der Waals surface area contributed by atoms with Gasteiger partial charge in [0, 0.05) is 24.5 Å². The lowest BCUT2D eigenvalue weighted by atomic mass is 10.2. The maximum atomic E-state index is 12.1. The highest BCUT2D eigenvalue weighted by molar-refractivity contribution is 7.91. The molecule has 124 valence electrons. The van der Waals surface area contributed by atoms with Gasteiger partial charge in [-0.3, -0.25) is 4.79 Å². The third-order valence-corrected chi connectivity index (χ3v) is 6.49. The summed E-state index contributed by atoms with van der Waals surface area (Å²) in [7, 11) is 1.07. The number of carbonyl (C=O) groups excluding carboxylic acids is 1. The second-order valence-corrected chi connectivity index (χ2v) is 8.47. The second kappa shape index (κ2) is 7.12. The predicted octanol–water partition coefficient (Wildman–Crippen LogP) is 1.94. The van der Waals surface area contributed by atoms with Crippen LogP contribution >= 0.6 is 11.3 Å². The van der Waals surface area contributed by atoms with Crippen LogP contribution in [0.15, 0.2) is 40.6 Å². The first-order chi connectivity index (χ1) is 10.8. The number of ether oxygens (including phenoxy) is 1. The highest BCUT2D eigenvalue weighted by atomic mass is 32.2. The van der Waals surface area contributed by atoms with E-state index in [0.29, 0.717) is 11.3 Å². The summed E-state index contributed by atoms with van der Waals surface area (Å²) in [5.41, 5.74) is 0.488. The van der Waals surface area contributed by atoms with E-state index in [-0.39, 0.29) is 16.7 Å². The highest BCUT2D eigenvalue weighted by Crippen LogP contribution is 2.23. The summed E-state index contributed by atoms with van der Waals surface area (Å²) < 4.78 is 30.5.